The fourth-order valence-electron chi connectivity index (χ4n) is 1.09. The van der Waals surface area contributed by atoms with Crippen LogP contribution in [0.5, 0.6) is 0 Å². The molecule has 0 atom stereocenters. The van der Waals surface area contributed by atoms with Gasteiger partial charge < -0.3 is 11.5 Å². The molecular weight excluding hydrogens is 207 g/mol. The van der Waals surface area contributed by atoms with Crippen molar-refractivity contribution in [2.75, 3.05) is 0 Å². The molecule has 0 aliphatic heterocycles. The molecule has 0 radical (unpaired) electrons. The molecule has 1 aromatic carbocycles. The van der Waals surface area contributed by atoms with E-state index < -0.39 is 0 Å². The molecule has 0 saturated carbocycles. The Hall–Kier alpha value is -0.280. The van der Waals surface area contributed by atoms with Gasteiger partial charge in [0.2, 0.25) is 0 Å². The van der Waals surface area contributed by atoms with Crippen LogP contribution in [0, 0.1) is 0 Å². The highest BCUT2D eigenvalue weighted by molar-refractivity contribution is 6.34. The third kappa shape index (κ3) is 3.96. The Bertz CT molecular complexity index is 267. The maximum Gasteiger partial charge on any atom is 0.0524 e. The average Bonchev–Trinajstić information content (AvgIpc) is 1.99. The summed E-state index contributed by atoms with van der Waals surface area (Å²) in [6.07, 6.45) is 1.26. The second-order valence-corrected chi connectivity index (χ2v) is 3.85. The fraction of sp³-hybridized carbons (Fsp3) is 0.333. The summed E-state index contributed by atoms with van der Waals surface area (Å²) in [4.78, 5) is 0. The van der Waals surface area contributed by atoms with Crippen LogP contribution in [0.25, 0.3) is 0 Å². The smallest absolute Gasteiger partial charge is 0.0524 e. The first-order valence-corrected chi connectivity index (χ1v) is 4.79. The van der Waals surface area contributed by atoms with Crippen molar-refractivity contribution in [1.82, 2.24) is 0 Å². The number of benzene rings is 1. The molecule has 0 saturated heterocycles. The number of hydrogen-bond acceptors (Lipinski definition) is 2. The van der Waals surface area contributed by atoms with Gasteiger partial charge >= 0.3 is 0 Å². The van der Waals surface area contributed by atoms with Crippen molar-refractivity contribution < 1.29 is 0 Å². The first-order valence-electron chi connectivity index (χ1n) is 4.04. The van der Waals surface area contributed by atoms with Gasteiger partial charge in [-0.2, -0.15) is 0 Å². The maximum atomic E-state index is 5.82. The second kappa shape index (κ2) is 4.82. The number of rotatable bonds is 3. The van der Waals surface area contributed by atoms with Crippen LogP contribution >= 0.6 is 23.2 Å². The standard InChI is InChI=1S/C9H12Cl2N2/c10-7-3-6(1-2-9(12)13)4-8(11)5-7/h3-5,9H,1-2,12-13H2. The van der Waals surface area contributed by atoms with Crippen LogP contribution < -0.4 is 11.5 Å². The Morgan fingerprint density at radius 3 is 2.08 bits per heavy atom. The molecule has 72 valence electrons. The summed E-state index contributed by atoms with van der Waals surface area (Å²) in [7, 11) is 0. The fourth-order valence-corrected chi connectivity index (χ4v) is 1.66. The van der Waals surface area contributed by atoms with Crippen molar-refractivity contribution in [2.24, 2.45) is 11.5 Å². The van der Waals surface area contributed by atoms with Gasteiger partial charge in [-0.3, -0.25) is 0 Å². The Morgan fingerprint density at radius 1 is 1.08 bits per heavy atom. The zero-order valence-corrected chi connectivity index (χ0v) is 8.65. The van der Waals surface area contributed by atoms with Gasteiger partial charge in [-0.05, 0) is 36.6 Å². The summed E-state index contributed by atoms with van der Waals surface area (Å²) < 4.78 is 0. The van der Waals surface area contributed by atoms with E-state index in [0.717, 1.165) is 18.4 Å². The molecule has 2 nitrogen and oxygen atoms in total. The number of nitrogens with two attached hydrogens (primary N) is 2. The second-order valence-electron chi connectivity index (χ2n) is 2.98. The van der Waals surface area contributed by atoms with Crippen molar-refractivity contribution in [2.45, 2.75) is 19.0 Å². The van der Waals surface area contributed by atoms with Gasteiger partial charge in [0.05, 0.1) is 6.17 Å². The Balaban J connectivity index is 2.66. The van der Waals surface area contributed by atoms with Gasteiger partial charge in [-0.15, -0.1) is 0 Å². The first-order chi connectivity index (χ1) is 6.08. The summed E-state index contributed by atoms with van der Waals surface area (Å²) in [5.41, 5.74) is 11.9. The molecular formula is C9H12Cl2N2. The van der Waals surface area contributed by atoms with Crippen LogP contribution in [0.3, 0.4) is 0 Å². The molecule has 0 bridgehead atoms. The molecule has 1 aromatic rings. The van der Waals surface area contributed by atoms with E-state index in [1.807, 2.05) is 12.1 Å². The predicted octanol–water partition coefficient (Wildman–Crippen LogP) is 2.17. The minimum absolute atomic E-state index is 0.280. The van der Waals surface area contributed by atoms with Crippen molar-refractivity contribution in [3.63, 3.8) is 0 Å². The van der Waals surface area contributed by atoms with Crippen LogP contribution in [-0.2, 0) is 6.42 Å². The van der Waals surface area contributed by atoms with Crippen molar-refractivity contribution in [1.29, 1.82) is 0 Å². The molecule has 4 heteroatoms. The van der Waals surface area contributed by atoms with Gasteiger partial charge in [-0.1, -0.05) is 23.2 Å². The highest BCUT2D eigenvalue weighted by Crippen LogP contribution is 2.19. The summed E-state index contributed by atoms with van der Waals surface area (Å²) in [5, 5.41) is 1.29. The van der Waals surface area contributed by atoms with Gasteiger partial charge in [0.25, 0.3) is 0 Å². The lowest BCUT2D eigenvalue weighted by Gasteiger charge is -2.05. The normalized spacial score (nSPS) is 10.8. The molecule has 0 unspecified atom stereocenters. The maximum absolute atomic E-state index is 5.82. The van der Waals surface area contributed by atoms with Crippen molar-refractivity contribution >= 4 is 23.2 Å². The van der Waals surface area contributed by atoms with Gasteiger partial charge in [0, 0.05) is 10.0 Å². The van der Waals surface area contributed by atoms with E-state index in [4.69, 9.17) is 34.7 Å². The molecule has 13 heavy (non-hydrogen) atoms. The molecule has 0 aliphatic rings. The Morgan fingerprint density at radius 2 is 1.62 bits per heavy atom. The molecule has 1 rings (SSSR count). The SMILES string of the molecule is NC(N)CCc1cc(Cl)cc(Cl)c1. The average molecular weight is 219 g/mol. The molecule has 4 N–H and O–H groups in total. The van der Waals surface area contributed by atoms with Gasteiger partial charge in [0.1, 0.15) is 0 Å². The molecule has 0 heterocycles. The highest BCUT2D eigenvalue weighted by atomic mass is 35.5. The lowest BCUT2D eigenvalue weighted by atomic mass is 10.1. The van der Waals surface area contributed by atoms with Crippen LogP contribution in [0.4, 0.5) is 0 Å². The summed E-state index contributed by atoms with van der Waals surface area (Å²) in [6, 6.07) is 5.45. The molecule has 0 amide bonds. The van der Waals surface area contributed by atoms with E-state index in [9.17, 15) is 0 Å². The zero-order chi connectivity index (χ0) is 9.84. The van der Waals surface area contributed by atoms with E-state index in [2.05, 4.69) is 0 Å². The van der Waals surface area contributed by atoms with E-state index in [-0.39, 0.29) is 6.17 Å². The third-order valence-corrected chi connectivity index (χ3v) is 2.13. The summed E-state index contributed by atoms with van der Waals surface area (Å²) in [6.45, 7) is 0. The number of hydrogen-bond donors (Lipinski definition) is 2. The largest absolute Gasteiger partial charge is 0.316 e. The first kappa shape index (κ1) is 10.8. The van der Waals surface area contributed by atoms with Gasteiger partial charge in [-0.25, -0.2) is 0 Å². The van der Waals surface area contributed by atoms with Crippen LogP contribution in [0.2, 0.25) is 10.0 Å². The molecule has 0 fully saturated rings. The monoisotopic (exact) mass is 218 g/mol. The Kier molecular flexibility index (Phi) is 4.00. The number of aryl methyl sites for hydroxylation is 1. The van der Waals surface area contributed by atoms with Crippen LogP contribution in [0.15, 0.2) is 18.2 Å². The Labute approximate surface area is 87.8 Å². The summed E-state index contributed by atoms with van der Waals surface area (Å²) >= 11 is 11.6. The van der Waals surface area contributed by atoms with Gasteiger partial charge in [0.15, 0.2) is 0 Å². The third-order valence-electron chi connectivity index (χ3n) is 1.69. The lowest BCUT2D eigenvalue weighted by Crippen LogP contribution is -2.30. The van der Waals surface area contributed by atoms with E-state index in [0.29, 0.717) is 10.0 Å². The zero-order valence-electron chi connectivity index (χ0n) is 7.13. The quantitative estimate of drug-likeness (QED) is 0.765. The van der Waals surface area contributed by atoms with E-state index in [1.54, 1.807) is 6.07 Å². The predicted molar refractivity (Wildman–Crippen MR) is 56.9 cm³/mol. The minimum Gasteiger partial charge on any atom is -0.316 e. The topological polar surface area (TPSA) is 52.0 Å². The van der Waals surface area contributed by atoms with E-state index in [1.165, 1.54) is 0 Å². The minimum atomic E-state index is -0.280. The van der Waals surface area contributed by atoms with E-state index >= 15 is 0 Å². The van der Waals surface area contributed by atoms with Crippen LogP contribution in [0.1, 0.15) is 12.0 Å². The van der Waals surface area contributed by atoms with Crippen molar-refractivity contribution in [3.05, 3.63) is 33.8 Å². The molecule has 0 aromatic heterocycles. The summed E-state index contributed by atoms with van der Waals surface area (Å²) in [5.74, 6) is 0. The van der Waals surface area contributed by atoms with Crippen molar-refractivity contribution in [3.8, 4) is 0 Å². The molecule has 0 aliphatic carbocycles. The number of halogens is 2. The van der Waals surface area contributed by atoms with Crippen LogP contribution in [-0.4, -0.2) is 6.17 Å². The molecule has 0 spiro atoms. The highest BCUT2D eigenvalue weighted by Gasteiger charge is 2.00. The lowest BCUT2D eigenvalue weighted by molar-refractivity contribution is 0.639.